The molecule has 0 unspecified atom stereocenters. The van der Waals surface area contributed by atoms with Crippen LogP contribution >= 0.6 is 33.9 Å². The molecule has 0 saturated carbocycles. The van der Waals surface area contributed by atoms with Gasteiger partial charge in [0.05, 0.1) is 4.70 Å². The topological polar surface area (TPSA) is 39.4 Å². The molecular formula is C14H9IO3S. The van der Waals surface area contributed by atoms with E-state index in [1.54, 1.807) is 6.07 Å². The molecule has 2 aromatic carbocycles. The molecule has 0 bridgehead atoms. The smallest absolute Gasteiger partial charge is 0.396 e. The van der Waals surface area contributed by atoms with Crippen molar-refractivity contribution in [3.05, 3.63) is 61.3 Å². The molecule has 1 heterocycles. The summed E-state index contributed by atoms with van der Waals surface area (Å²) < 4.78 is 12.8. The van der Waals surface area contributed by atoms with Gasteiger partial charge in [-0.1, -0.05) is 23.5 Å². The Hall–Kier alpha value is -1.34. The average molecular weight is 384 g/mol. The van der Waals surface area contributed by atoms with E-state index in [0.717, 1.165) is 21.6 Å². The highest BCUT2D eigenvalue weighted by Gasteiger charge is 2.04. The lowest BCUT2D eigenvalue weighted by Crippen LogP contribution is -1.94. The third-order valence-corrected chi connectivity index (χ3v) is 4.15. The van der Waals surface area contributed by atoms with E-state index in [0.29, 0.717) is 17.9 Å². The van der Waals surface area contributed by atoms with Gasteiger partial charge in [0.1, 0.15) is 12.4 Å². The zero-order chi connectivity index (χ0) is 13.2. The van der Waals surface area contributed by atoms with Crippen molar-refractivity contribution in [2.45, 2.75) is 6.61 Å². The van der Waals surface area contributed by atoms with Crippen molar-refractivity contribution in [2.24, 2.45) is 0 Å². The summed E-state index contributed by atoms with van der Waals surface area (Å²) in [6, 6.07) is 13.6. The summed E-state index contributed by atoms with van der Waals surface area (Å²) in [4.78, 5) is 10.8. The first kappa shape index (κ1) is 12.7. The van der Waals surface area contributed by atoms with Crippen LogP contribution in [-0.4, -0.2) is 0 Å². The Morgan fingerprint density at radius 2 is 1.95 bits per heavy atom. The minimum absolute atomic E-state index is 0.287. The summed E-state index contributed by atoms with van der Waals surface area (Å²) in [5.74, 6) is 0.701. The lowest BCUT2D eigenvalue weighted by molar-refractivity contribution is 0.306. The Morgan fingerprint density at radius 1 is 1.16 bits per heavy atom. The van der Waals surface area contributed by atoms with Crippen LogP contribution in [0.4, 0.5) is 0 Å². The third kappa shape index (κ3) is 2.98. The zero-order valence-electron chi connectivity index (χ0n) is 9.76. The van der Waals surface area contributed by atoms with Crippen LogP contribution in [0.3, 0.4) is 0 Å². The molecule has 0 saturated heterocycles. The van der Waals surface area contributed by atoms with Crippen LogP contribution in [-0.2, 0) is 6.61 Å². The largest absolute Gasteiger partial charge is 0.489 e. The Morgan fingerprint density at radius 3 is 2.74 bits per heavy atom. The second-order valence-electron chi connectivity index (χ2n) is 3.98. The number of ether oxygens (including phenoxy) is 1. The fraction of sp³-hybridized carbons (Fsp3) is 0.0714. The fourth-order valence-corrected chi connectivity index (χ4v) is 2.70. The quantitative estimate of drug-likeness (QED) is 0.640. The van der Waals surface area contributed by atoms with Crippen molar-refractivity contribution in [3.8, 4) is 5.75 Å². The minimum Gasteiger partial charge on any atom is -0.489 e. The van der Waals surface area contributed by atoms with Crippen LogP contribution in [0, 0.1) is 3.57 Å². The van der Waals surface area contributed by atoms with Crippen LogP contribution in [0.25, 0.3) is 10.3 Å². The van der Waals surface area contributed by atoms with E-state index in [4.69, 9.17) is 9.15 Å². The maximum atomic E-state index is 11.1. The van der Waals surface area contributed by atoms with Crippen LogP contribution < -0.4 is 9.68 Å². The van der Waals surface area contributed by atoms with Crippen LogP contribution in [0.2, 0.25) is 0 Å². The molecule has 0 radical (unpaired) electrons. The van der Waals surface area contributed by atoms with E-state index in [-0.39, 0.29) is 4.94 Å². The summed E-state index contributed by atoms with van der Waals surface area (Å²) in [6.07, 6.45) is 0. The molecular weight excluding hydrogens is 375 g/mol. The SMILES string of the molecule is O=c1oc2cc(OCc3ccc(I)cc3)ccc2s1. The predicted molar refractivity (Wildman–Crippen MR) is 83.9 cm³/mol. The average Bonchev–Trinajstić information content (AvgIpc) is 2.77. The molecule has 0 amide bonds. The Kier molecular flexibility index (Phi) is 3.56. The highest BCUT2D eigenvalue weighted by Crippen LogP contribution is 2.23. The second kappa shape index (κ2) is 5.34. The lowest BCUT2D eigenvalue weighted by atomic mass is 10.2. The van der Waals surface area contributed by atoms with Crippen molar-refractivity contribution >= 4 is 44.2 Å². The van der Waals surface area contributed by atoms with Crippen molar-refractivity contribution < 1.29 is 9.15 Å². The number of rotatable bonds is 3. The standard InChI is InChI=1S/C14H9IO3S/c15-10-3-1-9(2-4-10)8-17-11-5-6-13-12(7-11)18-14(16)19-13/h1-7H,8H2. The first-order chi connectivity index (χ1) is 9.20. The Balaban J connectivity index is 1.77. The van der Waals surface area contributed by atoms with Crippen LogP contribution in [0.1, 0.15) is 5.56 Å². The fourth-order valence-electron chi connectivity index (χ4n) is 1.69. The van der Waals surface area contributed by atoms with Crippen molar-refractivity contribution in [1.82, 2.24) is 0 Å². The van der Waals surface area contributed by atoms with E-state index in [1.165, 1.54) is 3.57 Å². The molecule has 0 aliphatic heterocycles. The molecule has 0 aliphatic carbocycles. The van der Waals surface area contributed by atoms with Crippen molar-refractivity contribution in [1.29, 1.82) is 0 Å². The zero-order valence-corrected chi connectivity index (χ0v) is 12.7. The molecule has 96 valence electrons. The Bertz CT molecular complexity index is 758. The summed E-state index contributed by atoms with van der Waals surface area (Å²) in [7, 11) is 0. The van der Waals surface area contributed by atoms with Crippen LogP contribution in [0.15, 0.2) is 51.7 Å². The number of benzene rings is 2. The highest BCUT2D eigenvalue weighted by atomic mass is 127. The molecule has 5 heteroatoms. The molecule has 3 aromatic rings. The lowest BCUT2D eigenvalue weighted by Gasteiger charge is -2.06. The normalized spacial score (nSPS) is 10.8. The van der Waals surface area contributed by atoms with Gasteiger partial charge in [0.15, 0.2) is 5.58 Å². The van der Waals surface area contributed by atoms with Gasteiger partial charge in [0, 0.05) is 9.64 Å². The van der Waals surface area contributed by atoms with Gasteiger partial charge in [-0.2, -0.15) is 0 Å². The first-order valence-corrected chi connectivity index (χ1v) is 7.51. The van der Waals surface area contributed by atoms with Crippen molar-refractivity contribution in [2.75, 3.05) is 0 Å². The first-order valence-electron chi connectivity index (χ1n) is 5.62. The highest BCUT2D eigenvalue weighted by molar-refractivity contribution is 14.1. The third-order valence-electron chi connectivity index (χ3n) is 2.62. The van der Waals surface area contributed by atoms with Gasteiger partial charge in [-0.15, -0.1) is 0 Å². The number of hydrogen-bond acceptors (Lipinski definition) is 4. The number of hydrogen-bond donors (Lipinski definition) is 0. The molecule has 19 heavy (non-hydrogen) atoms. The van der Waals surface area contributed by atoms with Gasteiger partial charge >= 0.3 is 4.94 Å². The monoisotopic (exact) mass is 384 g/mol. The van der Waals surface area contributed by atoms with E-state index < -0.39 is 0 Å². The maximum Gasteiger partial charge on any atom is 0.396 e. The van der Waals surface area contributed by atoms with Gasteiger partial charge in [0.2, 0.25) is 0 Å². The van der Waals surface area contributed by atoms with Gasteiger partial charge in [0.25, 0.3) is 0 Å². The van der Waals surface area contributed by atoms with Gasteiger partial charge in [-0.25, -0.2) is 4.79 Å². The summed E-state index contributed by atoms with van der Waals surface area (Å²) in [6.45, 7) is 0.497. The minimum atomic E-state index is -0.287. The molecule has 0 fully saturated rings. The summed E-state index contributed by atoms with van der Waals surface area (Å²) >= 11 is 3.36. The van der Waals surface area contributed by atoms with E-state index >= 15 is 0 Å². The molecule has 3 rings (SSSR count). The van der Waals surface area contributed by atoms with E-state index in [1.807, 2.05) is 36.4 Å². The number of fused-ring (bicyclic) bond motifs is 1. The Labute approximate surface area is 127 Å². The maximum absolute atomic E-state index is 11.1. The van der Waals surface area contributed by atoms with Crippen LogP contribution in [0.5, 0.6) is 5.75 Å². The summed E-state index contributed by atoms with van der Waals surface area (Å²) in [5, 5.41) is 0. The number of halogens is 1. The molecule has 3 nitrogen and oxygen atoms in total. The molecule has 0 spiro atoms. The summed E-state index contributed by atoms with van der Waals surface area (Å²) in [5.41, 5.74) is 1.68. The van der Waals surface area contributed by atoms with E-state index in [9.17, 15) is 4.79 Å². The molecule has 0 atom stereocenters. The second-order valence-corrected chi connectivity index (χ2v) is 6.20. The molecule has 1 aromatic heterocycles. The van der Waals surface area contributed by atoms with Crippen molar-refractivity contribution in [3.63, 3.8) is 0 Å². The van der Waals surface area contributed by atoms with Gasteiger partial charge in [-0.3, -0.25) is 0 Å². The van der Waals surface area contributed by atoms with Gasteiger partial charge < -0.3 is 9.15 Å². The van der Waals surface area contributed by atoms with E-state index in [2.05, 4.69) is 22.6 Å². The molecule has 0 N–H and O–H groups in total. The molecule has 0 aliphatic rings. The predicted octanol–water partition coefficient (Wildman–Crippen LogP) is 4.04. The van der Waals surface area contributed by atoms with Gasteiger partial charge in [-0.05, 0) is 52.4 Å².